The first-order valence-electron chi connectivity index (χ1n) is 7.10. The highest BCUT2D eigenvalue weighted by Gasteiger charge is 2.24. The standard InChI is InChI=1S/C16H11ClF2N2O5/c1-8(26-16(23)14-11(18)3-2-4-12(14)19)15(22)20-13-7-9(21(24)25)5-6-10(13)17/h2-8H,1H3,(H,20,22)/t8-/m0/s1. The Balaban J connectivity index is 2.12. The topological polar surface area (TPSA) is 98.5 Å². The van der Waals surface area contributed by atoms with Crippen molar-refractivity contribution in [1.82, 2.24) is 0 Å². The number of hydrogen-bond donors (Lipinski definition) is 1. The van der Waals surface area contributed by atoms with Crippen LogP contribution in [0.2, 0.25) is 5.02 Å². The van der Waals surface area contributed by atoms with E-state index in [1.807, 2.05) is 0 Å². The molecule has 1 amide bonds. The van der Waals surface area contributed by atoms with Crippen LogP contribution in [0.5, 0.6) is 0 Å². The first-order valence-corrected chi connectivity index (χ1v) is 7.48. The van der Waals surface area contributed by atoms with E-state index in [0.717, 1.165) is 37.3 Å². The molecule has 10 heteroatoms. The second-order valence-corrected chi connectivity index (χ2v) is 5.46. The van der Waals surface area contributed by atoms with Gasteiger partial charge in [-0.25, -0.2) is 13.6 Å². The minimum absolute atomic E-state index is 0.0163. The molecule has 0 heterocycles. The third-order valence-corrected chi connectivity index (χ3v) is 3.57. The van der Waals surface area contributed by atoms with E-state index < -0.39 is 40.1 Å². The van der Waals surface area contributed by atoms with Gasteiger partial charge in [-0.05, 0) is 25.1 Å². The van der Waals surface area contributed by atoms with Crippen molar-refractivity contribution in [2.24, 2.45) is 0 Å². The summed E-state index contributed by atoms with van der Waals surface area (Å²) < 4.78 is 31.8. The fourth-order valence-electron chi connectivity index (χ4n) is 1.92. The number of non-ortho nitro benzene ring substituents is 1. The van der Waals surface area contributed by atoms with Crippen molar-refractivity contribution >= 4 is 34.9 Å². The average Bonchev–Trinajstić information content (AvgIpc) is 2.56. The van der Waals surface area contributed by atoms with E-state index in [1.165, 1.54) is 6.07 Å². The second kappa shape index (κ2) is 7.87. The first-order chi connectivity index (χ1) is 12.2. The van der Waals surface area contributed by atoms with Crippen LogP contribution < -0.4 is 5.32 Å². The Morgan fingerprint density at radius 3 is 2.42 bits per heavy atom. The lowest BCUT2D eigenvalue weighted by Gasteiger charge is -2.14. The number of halogens is 3. The van der Waals surface area contributed by atoms with E-state index in [2.05, 4.69) is 5.32 Å². The fraction of sp³-hybridized carbons (Fsp3) is 0.125. The highest BCUT2D eigenvalue weighted by molar-refractivity contribution is 6.33. The molecule has 0 radical (unpaired) electrons. The Bertz CT molecular complexity index is 871. The summed E-state index contributed by atoms with van der Waals surface area (Å²) in [6.45, 7) is 1.16. The maximum absolute atomic E-state index is 13.5. The van der Waals surface area contributed by atoms with E-state index in [0.29, 0.717) is 0 Å². The van der Waals surface area contributed by atoms with Crippen LogP contribution in [0.15, 0.2) is 36.4 Å². The molecule has 0 aromatic heterocycles. The summed E-state index contributed by atoms with van der Waals surface area (Å²) >= 11 is 5.85. The number of carbonyl (C=O) groups is 2. The molecule has 1 atom stereocenters. The van der Waals surface area contributed by atoms with Gasteiger partial charge in [-0.2, -0.15) is 0 Å². The maximum atomic E-state index is 13.5. The van der Waals surface area contributed by atoms with Gasteiger partial charge in [-0.3, -0.25) is 14.9 Å². The predicted octanol–water partition coefficient (Wildman–Crippen LogP) is 3.71. The molecule has 0 bridgehead atoms. The zero-order chi connectivity index (χ0) is 19.4. The molecule has 2 aromatic carbocycles. The molecule has 1 N–H and O–H groups in total. The lowest BCUT2D eigenvalue weighted by Crippen LogP contribution is -2.30. The van der Waals surface area contributed by atoms with Crippen molar-refractivity contribution in [1.29, 1.82) is 0 Å². The quantitative estimate of drug-likeness (QED) is 0.481. The van der Waals surface area contributed by atoms with Gasteiger partial charge in [0.05, 0.1) is 15.6 Å². The molecule has 0 saturated carbocycles. The molecule has 2 aromatic rings. The minimum atomic E-state index is -1.45. The van der Waals surface area contributed by atoms with Gasteiger partial charge in [-0.15, -0.1) is 0 Å². The van der Waals surface area contributed by atoms with Crippen LogP contribution in [-0.4, -0.2) is 22.9 Å². The SMILES string of the molecule is C[C@H](OC(=O)c1c(F)cccc1F)C(=O)Nc1cc([N+](=O)[O-])ccc1Cl. The number of anilines is 1. The molecule has 0 fully saturated rings. The number of benzene rings is 2. The summed E-state index contributed by atoms with van der Waals surface area (Å²) in [5.74, 6) is -4.53. The molecule has 0 saturated heterocycles. The largest absolute Gasteiger partial charge is 0.449 e. The third-order valence-electron chi connectivity index (χ3n) is 3.24. The van der Waals surface area contributed by atoms with Gasteiger partial charge in [0.1, 0.15) is 17.2 Å². The van der Waals surface area contributed by atoms with Crippen LogP contribution in [0.25, 0.3) is 0 Å². The van der Waals surface area contributed by atoms with Gasteiger partial charge in [0.25, 0.3) is 11.6 Å². The van der Waals surface area contributed by atoms with Crippen LogP contribution in [0.3, 0.4) is 0 Å². The normalized spacial score (nSPS) is 11.5. The molecule has 2 rings (SSSR count). The number of nitrogens with one attached hydrogen (secondary N) is 1. The van der Waals surface area contributed by atoms with Gasteiger partial charge in [0.15, 0.2) is 6.10 Å². The molecule has 7 nitrogen and oxygen atoms in total. The maximum Gasteiger partial charge on any atom is 0.344 e. The lowest BCUT2D eigenvalue weighted by atomic mass is 10.2. The van der Waals surface area contributed by atoms with E-state index in [4.69, 9.17) is 16.3 Å². The summed E-state index contributed by atoms with van der Waals surface area (Å²) in [5, 5.41) is 13.0. The minimum Gasteiger partial charge on any atom is -0.449 e. The Kier molecular flexibility index (Phi) is 5.83. The second-order valence-electron chi connectivity index (χ2n) is 5.05. The number of ether oxygens (including phenoxy) is 1. The van der Waals surface area contributed by atoms with E-state index in [1.54, 1.807) is 0 Å². The van der Waals surface area contributed by atoms with Gasteiger partial charge in [-0.1, -0.05) is 17.7 Å². The molecular formula is C16H11ClF2N2O5. The van der Waals surface area contributed by atoms with Crippen LogP contribution in [0.1, 0.15) is 17.3 Å². The van der Waals surface area contributed by atoms with Crippen molar-refractivity contribution in [2.75, 3.05) is 5.32 Å². The molecule has 0 unspecified atom stereocenters. The smallest absolute Gasteiger partial charge is 0.344 e. The van der Waals surface area contributed by atoms with E-state index in [9.17, 15) is 28.5 Å². The van der Waals surface area contributed by atoms with Gasteiger partial charge < -0.3 is 10.1 Å². The van der Waals surface area contributed by atoms with Crippen molar-refractivity contribution in [3.8, 4) is 0 Å². The molecule has 0 aliphatic carbocycles. The zero-order valence-corrected chi connectivity index (χ0v) is 13.9. The Labute approximate surface area is 150 Å². The summed E-state index contributed by atoms with van der Waals surface area (Å²) in [6, 6.07) is 6.18. The van der Waals surface area contributed by atoms with Crippen molar-refractivity contribution < 1.29 is 28.0 Å². The average molecular weight is 385 g/mol. The number of nitro benzene ring substituents is 1. The summed E-state index contributed by atoms with van der Waals surface area (Å²) in [4.78, 5) is 34.0. The molecule has 136 valence electrons. The summed E-state index contributed by atoms with van der Waals surface area (Å²) in [7, 11) is 0. The van der Waals surface area contributed by atoms with Crippen molar-refractivity contribution in [3.05, 3.63) is 68.7 Å². The van der Waals surface area contributed by atoms with E-state index >= 15 is 0 Å². The number of nitro groups is 1. The summed E-state index contributed by atoms with van der Waals surface area (Å²) in [5.41, 5.74) is -1.32. The molecular weight excluding hydrogens is 374 g/mol. The highest BCUT2D eigenvalue weighted by atomic mass is 35.5. The number of amides is 1. The number of rotatable bonds is 5. The number of nitrogens with zero attached hydrogens (tertiary/aromatic N) is 1. The van der Waals surface area contributed by atoms with Crippen molar-refractivity contribution in [2.45, 2.75) is 13.0 Å². The molecule has 26 heavy (non-hydrogen) atoms. The molecule has 0 spiro atoms. The zero-order valence-electron chi connectivity index (χ0n) is 13.2. The third kappa shape index (κ3) is 4.31. The monoisotopic (exact) mass is 384 g/mol. The number of hydrogen-bond acceptors (Lipinski definition) is 5. The Morgan fingerprint density at radius 1 is 1.23 bits per heavy atom. The van der Waals surface area contributed by atoms with Crippen molar-refractivity contribution in [3.63, 3.8) is 0 Å². The molecule has 0 aliphatic rings. The summed E-state index contributed by atoms with van der Waals surface area (Å²) in [6.07, 6.45) is -1.45. The first kappa shape index (κ1) is 19.3. The predicted molar refractivity (Wildman–Crippen MR) is 88.0 cm³/mol. The highest BCUT2D eigenvalue weighted by Crippen LogP contribution is 2.27. The molecule has 0 aliphatic heterocycles. The van der Waals surface area contributed by atoms with Gasteiger partial charge in [0.2, 0.25) is 0 Å². The lowest BCUT2D eigenvalue weighted by molar-refractivity contribution is -0.384. The van der Waals surface area contributed by atoms with Gasteiger partial charge >= 0.3 is 5.97 Å². The number of carbonyl (C=O) groups excluding carboxylic acids is 2. The Hall–Kier alpha value is -3.07. The van der Waals surface area contributed by atoms with Crippen LogP contribution in [-0.2, 0) is 9.53 Å². The van der Waals surface area contributed by atoms with Crippen LogP contribution in [0.4, 0.5) is 20.2 Å². The van der Waals surface area contributed by atoms with Gasteiger partial charge in [0, 0.05) is 12.1 Å². The fourth-order valence-corrected chi connectivity index (χ4v) is 2.09. The number of esters is 1. The Morgan fingerprint density at radius 2 is 1.85 bits per heavy atom. The van der Waals surface area contributed by atoms with Crippen LogP contribution in [0, 0.1) is 21.7 Å². The van der Waals surface area contributed by atoms with E-state index in [-0.39, 0.29) is 16.4 Å². The van der Waals surface area contributed by atoms with Crippen LogP contribution >= 0.6 is 11.6 Å².